The van der Waals surface area contributed by atoms with Crippen molar-refractivity contribution in [1.29, 1.82) is 0 Å². The highest BCUT2D eigenvalue weighted by molar-refractivity contribution is 5.67. The van der Waals surface area contributed by atoms with Gasteiger partial charge in [-0.2, -0.15) is 0 Å². The minimum atomic E-state index is -0.940. The van der Waals surface area contributed by atoms with E-state index in [9.17, 15) is 15.0 Å². The van der Waals surface area contributed by atoms with E-state index >= 15 is 0 Å². The summed E-state index contributed by atoms with van der Waals surface area (Å²) >= 11 is 0. The predicted octanol–water partition coefficient (Wildman–Crippen LogP) is 0.186. The van der Waals surface area contributed by atoms with Crippen molar-refractivity contribution in [3.05, 3.63) is 0 Å². The van der Waals surface area contributed by atoms with Gasteiger partial charge < -0.3 is 19.7 Å². The maximum atomic E-state index is 11.4. The Bertz CT molecular complexity index is 349. The van der Waals surface area contributed by atoms with Crippen molar-refractivity contribution < 1.29 is 24.5 Å². The smallest absolute Gasteiger partial charge is 0.420 e. The molecular formula is C11H14O5. The fourth-order valence-corrected chi connectivity index (χ4v) is 4.77. The number of fused-ring (bicyclic) bond motifs is 1. The van der Waals surface area contributed by atoms with E-state index in [-0.39, 0.29) is 11.8 Å². The first kappa shape index (κ1) is 9.24. The molecule has 4 aliphatic rings. The van der Waals surface area contributed by atoms with Gasteiger partial charge >= 0.3 is 6.16 Å². The molecule has 0 bridgehead atoms. The van der Waals surface area contributed by atoms with Crippen molar-refractivity contribution in [3.8, 4) is 0 Å². The first-order valence-electron chi connectivity index (χ1n) is 5.91. The van der Waals surface area contributed by atoms with Gasteiger partial charge in [0.1, 0.15) is 0 Å². The van der Waals surface area contributed by atoms with Crippen LogP contribution in [0.4, 0.5) is 4.79 Å². The van der Waals surface area contributed by atoms with Gasteiger partial charge in [-0.3, -0.25) is 0 Å². The molecule has 0 amide bonds. The summed E-state index contributed by atoms with van der Waals surface area (Å²) in [5.41, 5.74) is -1.88. The van der Waals surface area contributed by atoms with E-state index in [1.807, 2.05) is 0 Å². The quantitative estimate of drug-likeness (QED) is 0.576. The molecule has 1 aliphatic heterocycles. The second-order valence-corrected chi connectivity index (χ2v) is 5.44. The maximum Gasteiger partial charge on any atom is 0.509 e. The van der Waals surface area contributed by atoms with Crippen molar-refractivity contribution in [2.24, 2.45) is 11.8 Å². The van der Waals surface area contributed by atoms with Crippen molar-refractivity contribution in [3.63, 3.8) is 0 Å². The van der Waals surface area contributed by atoms with E-state index in [0.717, 1.165) is 12.8 Å². The summed E-state index contributed by atoms with van der Waals surface area (Å²) in [5.74, 6) is 0.345. The Morgan fingerprint density at radius 2 is 1.38 bits per heavy atom. The Morgan fingerprint density at radius 1 is 0.938 bits per heavy atom. The molecule has 5 nitrogen and oxygen atoms in total. The van der Waals surface area contributed by atoms with Crippen LogP contribution in [0.2, 0.25) is 0 Å². The normalized spacial score (nSPS) is 61.8. The second kappa shape index (κ2) is 2.38. The number of carbonyl (C=O) groups is 1. The highest BCUT2D eigenvalue weighted by atomic mass is 16.8. The maximum absolute atomic E-state index is 11.4. The number of aliphatic hydroxyl groups excluding tert-OH is 2. The monoisotopic (exact) mass is 226 g/mol. The number of hydrogen-bond acceptors (Lipinski definition) is 5. The van der Waals surface area contributed by atoms with Crippen LogP contribution in [-0.4, -0.2) is 39.8 Å². The summed E-state index contributed by atoms with van der Waals surface area (Å²) in [6.07, 6.45) is 0.877. The van der Waals surface area contributed by atoms with Crippen molar-refractivity contribution in [2.75, 3.05) is 0 Å². The van der Waals surface area contributed by atoms with E-state index in [4.69, 9.17) is 9.47 Å². The lowest BCUT2D eigenvalue weighted by molar-refractivity contribution is -0.263. The van der Waals surface area contributed by atoms with Crippen LogP contribution < -0.4 is 0 Å². The van der Waals surface area contributed by atoms with E-state index in [1.165, 1.54) is 0 Å². The Morgan fingerprint density at radius 3 is 1.81 bits per heavy atom. The molecule has 1 saturated heterocycles. The lowest BCUT2D eigenvalue weighted by Gasteiger charge is -2.57. The van der Waals surface area contributed by atoms with Crippen LogP contribution in [0.1, 0.15) is 25.7 Å². The Balaban J connectivity index is 1.89. The van der Waals surface area contributed by atoms with Gasteiger partial charge in [-0.15, -0.1) is 0 Å². The van der Waals surface area contributed by atoms with Gasteiger partial charge in [-0.05, 0) is 25.7 Å². The largest absolute Gasteiger partial charge is 0.509 e. The molecular weight excluding hydrogens is 212 g/mol. The van der Waals surface area contributed by atoms with Crippen LogP contribution in [0.5, 0.6) is 0 Å². The Hall–Kier alpha value is -0.810. The molecule has 3 saturated carbocycles. The highest BCUT2D eigenvalue weighted by Crippen LogP contribution is 2.72. The average Bonchev–Trinajstić information content (AvgIpc) is 2.76. The molecule has 2 spiro atoms. The summed E-state index contributed by atoms with van der Waals surface area (Å²) in [6, 6.07) is 0. The zero-order chi connectivity index (χ0) is 11.1. The van der Waals surface area contributed by atoms with Crippen LogP contribution in [0, 0.1) is 11.8 Å². The van der Waals surface area contributed by atoms with E-state index in [2.05, 4.69) is 0 Å². The molecule has 0 aromatic rings. The minimum Gasteiger partial charge on any atom is -0.420 e. The summed E-state index contributed by atoms with van der Waals surface area (Å²) in [6.45, 7) is 0. The van der Waals surface area contributed by atoms with Crippen LogP contribution in [-0.2, 0) is 9.47 Å². The second-order valence-electron chi connectivity index (χ2n) is 5.44. The zero-order valence-electron chi connectivity index (χ0n) is 8.76. The average molecular weight is 226 g/mol. The van der Waals surface area contributed by atoms with Gasteiger partial charge in [-0.1, -0.05) is 0 Å². The Kier molecular flexibility index (Phi) is 1.38. The van der Waals surface area contributed by atoms with E-state index < -0.39 is 29.6 Å². The molecule has 5 heteroatoms. The fraction of sp³-hybridized carbons (Fsp3) is 0.909. The van der Waals surface area contributed by atoms with Crippen LogP contribution in [0.15, 0.2) is 0 Å². The zero-order valence-corrected chi connectivity index (χ0v) is 8.76. The topological polar surface area (TPSA) is 76.0 Å². The van der Waals surface area contributed by atoms with Crippen molar-refractivity contribution >= 4 is 6.16 Å². The van der Waals surface area contributed by atoms with Crippen LogP contribution in [0.25, 0.3) is 0 Å². The summed E-state index contributed by atoms with van der Waals surface area (Å²) in [4.78, 5) is 11.4. The fourth-order valence-electron chi connectivity index (χ4n) is 4.77. The highest BCUT2D eigenvalue weighted by Gasteiger charge is 2.88. The Labute approximate surface area is 92.3 Å². The molecule has 0 aromatic carbocycles. The van der Waals surface area contributed by atoms with Crippen LogP contribution >= 0.6 is 0 Å². The summed E-state index contributed by atoms with van der Waals surface area (Å²) in [5, 5.41) is 20.2. The van der Waals surface area contributed by atoms with Crippen LogP contribution in [0.3, 0.4) is 0 Å². The molecule has 1 heterocycles. The predicted molar refractivity (Wildman–Crippen MR) is 50.5 cm³/mol. The SMILES string of the molecule is O=C1OC23C(O)CCC2C2CCC(O)C23O1. The molecule has 16 heavy (non-hydrogen) atoms. The first-order chi connectivity index (χ1) is 7.63. The number of ether oxygens (including phenoxy) is 2. The third kappa shape index (κ3) is 0.621. The molecule has 4 rings (SSSR count). The first-order valence-corrected chi connectivity index (χ1v) is 5.91. The molecule has 0 radical (unpaired) electrons. The number of hydrogen-bond donors (Lipinski definition) is 2. The van der Waals surface area contributed by atoms with Gasteiger partial charge in [0, 0.05) is 11.8 Å². The lowest BCUT2D eigenvalue weighted by atomic mass is 9.52. The van der Waals surface area contributed by atoms with Crippen molar-refractivity contribution in [2.45, 2.75) is 49.1 Å². The summed E-state index contributed by atoms with van der Waals surface area (Å²) < 4.78 is 10.6. The third-order valence-corrected chi connectivity index (χ3v) is 5.19. The molecule has 4 fully saturated rings. The van der Waals surface area contributed by atoms with Gasteiger partial charge in [0.05, 0.1) is 12.2 Å². The number of carbonyl (C=O) groups excluding carboxylic acids is 1. The van der Waals surface area contributed by atoms with E-state index in [0.29, 0.717) is 12.8 Å². The molecule has 0 aromatic heterocycles. The van der Waals surface area contributed by atoms with Crippen molar-refractivity contribution in [1.82, 2.24) is 0 Å². The third-order valence-electron chi connectivity index (χ3n) is 5.19. The van der Waals surface area contributed by atoms with Gasteiger partial charge in [0.15, 0.2) is 11.2 Å². The van der Waals surface area contributed by atoms with Gasteiger partial charge in [0.25, 0.3) is 0 Å². The van der Waals surface area contributed by atoms with E-state index in [1.54, 1.807) is 0 Å². The summed E-state index contributed by atoms with van der Waals surface area (Å²) in [7, 11) is 0. The lowest BCUT2D eigenvalue weighted by Crippen LogP contribution is -2.76. The molecule has 3 aliphatic carbocycles. The standard InChI is InChI=1S/C11H14O5/c12-7-3-1-5-6-2-4-8(13)11(6)10(5,7)15-9(14)16-11/h5-8,12-13H,1-4H2. The van der Waals surface area contributed by atoms with Gasteiger partial charge in [-0.25, -0.2) is 4.79 Å². The molecule has 6 atom stereocenters. The number of aliphatic hydroxyl groups is 2. The number of rotatable bonds is 0. The minimum absolute atomic E-state index is 0.172. The molecule has 2 N–H and O–H groups in total. The molecule has 88 valence electrons. The molecule has 6 unspecified atom stereocenters. The van der Waals surface area contributed by atoms with Gasteiger partial charge in [0.2, 0.25) is 0 Å².